The van der Waals surface area contributed by atoms with Crippen molar-refractivity contribution in [2.75, 3.05) is 19.1 Å². The van der Waals surface area contributed by atoms with Crippen molar-refractivity contribution in [3.05, 3.63) is 52.6 Å². The van der Waals surface area contributed by atoms with E-state index >= 15 is 0 Å². The number of nitrogens with zero attached hydrogens (tertiary/aromatic N) is 2. The molecule has 1 aromatic heterocycles. The van der Waals surface area contributed by atoms with Crippen LogP contribution in [0.5, 0.6) is 5.75 Å². The number of pyridine rings is 1. The normalized spacial score (nSPS) is 10.1. The van der Waals surface area contributed by atoms with E-state index in [1.165, 1.54) is 4.90 Å². The molecule has 98 valence electrons. The number of rotatable bonds is 3. The molecule has 0 unspecified atom stereocenters. The molecule has 0 bridgehead atoms. The molecule has 1 heterocycles. The summed E-state index contributed by atoms with van der Waals surface area (Å²) in [6, 6.07) is 10.7. The van der Waals surface area contributed by atoms with Crippen LogP contribution in [0.25, 0.3) is 0 Å². The summed E-state index contributed by atoms with van der Waals surface area (Å²) in [5.41, 5.74) is 0.511. The van der Waals surface area contributed by atoms with Crippen LogP contribution < -0.4 is 9.64 Å². The second kappa shape index (κ2) is 5.84. The highest BCUT2D eigenvalue weighted by atomic mass is 79.9. The lowest BCUT2D eigenvalue weighted by Gasteiger charge is -2.17. The Hall–Kier alpha value is -1.88. The number of hydrogen-bond acceptors (Lipinski definition) is 3. The zero-order chi connectivity index (χ0) is 13.8. The molecule has 0 fully saturated rings. The van der Waals surface area contributed by atoms with E-state index in [4.69, 9.17) is 4.74 Å². The first-order valence-corrected chi connectivity index (χ1v) is 6.45. The third-order valence-electron chi connectivity index (χ3n) is 2.70. The Balaban J connectivity index is 2.30. The van der Waals surface area contributed by atoms with Gasteiger partial charge in [-0.2, -0.15) is 0 Å². The highest BCUT2D eigenvalue weighted by molar-refractivity contribution is 9.10. The Bertz CT molecular complexity index is 584. The van der Waals surface area contributed by atoms with Gasteiger partial charge < -0.3 is 4.74 Å². The van der Waals surface area contributed by atoms with Gasteiger partial charge in [0.25, 0.3) is 5.91 Å². The van der Waals surface area contributed by atoms with Gasteiger partial charge in [0, 0.05) is 17.7 Å². The number of carbonyl (C=O) groups is 1. The summed E-state index contributed by atoms with van der Waals surface area (Å²) < 4.78 is 6.07. The molecule has 1 amide bonds. The minimum absolute atomic E-state index is 0.160. The van der Waals surface area contributed by atoms with E-state index < -0.39 is 0 Å². The molecule has 0 aliphatic heterocycles. The summed E-state index contributed by atoms with van der Waals surface area (Å²) in [6.07, 6.45) is 1.65. The maximum atomic E-state index is 12.4. The minimum atomic E-state index is -0.160. The zero-order valence-electron chi connectivity index (χ0n) is 10.6. The summed E-state index contributed by atoms with van der Waals surface area (Å²) >= 11 is 3.31. The fourth-order valence-electron chi connectivity index (χ4n) is 1.67. The van der Waals surface area contributed by atoms with Gasteiger partial charge in [0.05, 0.1) is 12.7 Å². The lowest BCUT2D eigenvalue weighted by molar-refractivity contribution is 0.0989. The average Bonchev–Trinajstić information content (AvgIpc) is 2.46. The van der Waals surface area contributed by atoms with Gasteiger partial charge >= 0.3 is 0 Å². The lowest BCUT2D eigenvalue weighted by atomic mass is 10.2. The highest BCUT2D eigenvalue weighted by Gasteiger charge is 2.17. The van der Waals surface area contributed by atoms with E-state index in [9.17, 15) is 4.79 Å². The Labute approximate surface area is 120 Å². The van der Waals surface area contributed by atoms with Crippen molar-refractivity contribution in [1.29, 1.82) is 0 Å². The molecule has 19 heavy (non-hydrogen) atoms. The predicted octanol–water partition coefficient (Wildman–Crippen LogP) is 3.13. The lowest BCUT2D eigenvalue weighted by Crippen LogP contribution is -2.27. The monoisotopic (exact) mass is 320 g/mol. The van der Waals surface area contributed by atoms with Crippen molar-refractivity contribution in [3.63, 3.8) is 0 Å². The van der Waals surface area contributed by atoms with Gasteiger partial charge in [-0.05, 0) is 40.2 Å². The van der Waals surface area contributed by atoms with Crippen molar-refractivity contribution < 1.29 is 9.53 Å². The van der Waals surface area contributed by atoms with Crippen LogP contribution in [-0.2, 0) is 0 Å². The van der Waals surface area contributed by atoms with Crippen LogP contribution in [0, 0.1) is 0 Å². The fourth-order valence-corrected chi connectivity index (χ4v) is 1.91. The second-order valence-corrected chi connectivity index (χ2v) is 4.81. The fraction of sp³-hybridized carbons (Fsp3) is 0.143. The van der Waals surface area contributed by atoms with Crippen molar-refractivity contribution in [2.24, 2.45) is 0 Å². The molecule has 0 N–H and O–H groups in total. The van der Waals surface area contributed by atoms with E-state index in [2.05, 4.69) is 20.9 Å². The molecule has 4 nitrogen and oxygen atoms in total. The van der Waals surface area contributed by atoms with Crippen LogP contribution in [0.4, 0.5) is 5.82 Å². The third kappa shape index (κ3) is 2.93. The van der Waals surface area contributed by atoms with Crippen molar-refractivity contribution in [3.8, 4) is 5.75 Å². The average molecular weight is 321 g/mol. The molecule has 0 saturated heterocycles. The maximum Gasteiger partial charge on any atom is 0.262 e. The van der Waals surface area contributed by atoms with E-state index in [0.717, 1.165) is 4.47 Å². The molecule has 1 aromatic carbocycles. The molecule has 0 atom stereocenters. The molecule has 0 spiro atoms. The molecule has 0 aliphatic rings. The zero-order valence-corrected chi connectivity index (χ0v) is 12.2. The Morgan fingerprint density at radius 1 is 1.26 bits per heavy atom. The Kier molecular flexibility index (Phi) is 4.16. The number of aromatic nitrogens is 1. The number of hydrogen-bond donors (Lipinski definition) is 0. The molecule has 5 heteroatoms. The number of para-hydroxylation sites is 1. The van der Waals surface area contributed by atoms with E-state index in [1.807, 2.05) is 12.1 Å². The van der Waals surface area contributed by atoms with Crippen molar-refractivity contribution in [1.82, 2.24) is 4.98 Å². The van der Waals surface area contributed by atoms with E-state index in [1.54, 1.807) is 44.6 Å². The number of benzene rings is 1. The molecular weight excluding hydrogens is 308 g/mol. The quantitative estimate of drug-likeness (QED) is 0.872. The van der Waals surface area contributed by atoms with Crippen LogP contribution >= 0.6 is 15.9 Å². The van der Waals surface area contributed by atoms with Crippen LogP contribution in [-0.4, -0.2) is 25.0 Å². The molecule has 2 rings (SSSR count). The number of anilines is 1. The third-order valence-corrected chi connectivity index (χ3v) is 3.17. The first kappa shape index (κ1) is 13.5. The molecular formula is C14H13BrN2O2. The maximum absolute atomic E-state index is 12.4. The number of ether oxygens (including phenoxy) is 1. The number of halogens is 1. The first-order valence-electron chi connectivity index (χ1n) is 5.66. The summed E-state index contributed by atoms with van der Waals surface area (Å²) in [5, 5.41) is 0. The topological polar surface area (TPSA) is 42.4 Å². The van der Waals surface area contributed by atoms with Crippen molar-refractivity contribution >= 4 is 27.7 Å². The van der Waals surface area contributed by atoms with E-state index in [-0.39, 0.29) is 5.91 Å². The van der Waals surface area contributed by atoms with Gasteiger partial charge in [-0.3, -0.25) is 9.69 Å². The minimum Gasteiger partial charge on any atom is -0.496 e. The predicted molar refractivity (Wildman–Crippen MR) is 77.7 cm³/mol. The van der Waals surface area contributed by atoms with Gasteiger partial charge in [0.15, 0.2) is 0 Å². The Morgan fingerprint density at radius 3 is 2.63 bits per heavy atom. The van der Waals surface area contributed by atoms with Gasteiger partial charge in [0.2, 0.25) is 0 Å². The standard InChI is InChI=1S/C14H13BrN2O2/c1-17(13-8-7-10(15)9-16-13)14(18)11-5-3-4-6-12(11)19-2/h3-9H,1-2H3. The summed E-state index contributed by atoms with van der Waals surface area (Å²) in [7, 11) is 3.23. The smallest absolute Gasteiger partial charge is 0.262 e. The summed E-state index contributed by atoms with van der Waals surface area (Å²) in [4.78, 5) is 18.1. The molecule has 0 saturated carbocycles. The molecule has 0 aliphatic carbocycles. The van der Waals surface area contributed by atoms with Gasteiger partial charge in [-0.15, -0.1) is 0 Å². The van der Waals surface area contributed by atoms with E-state index in [0.29, 0.717) is 17.1 Å². The number of carbonyl (C=O) groups excluding carboxylic acids is 1. The molecule has 0 radical (unpaired) electrons. The second-order valence-electron chi connectivity index (χ2n) is 3.90. The van der Waals surface area contributed by atoms with Gasteiger partial charge in [0.1, 0.15) is 11.6 Å². The largest absolute Gasteiger partial charge is 0.496 e. The summed E-state index contributed by atoms with van der Waals surface area (Å²) in [6.45, 7) is 0. The van der Waals surface area contributed by atoms with Crippen LogP contribution in [0.3, 0.4) is 0 Å². The molecule has 2 aromatic rings. The SMILES string of the molecule is COc1ccccc1C(=O)N(C)c1ccc(Br)cn1. The summed E-state index contributed by atoms with van der Waals surface area (Å²) in [5.74, 6) is 0.975. The van der Waals surface area contributed by atoms with Crippen LogP contribution in [0.1, 0.15) is 10.4 Å². The van der Waals surface area contributed by atoms with Gasteiger partial charge in [-0.25, -0.2) is 4.98 Å². The number of amides is 1. The highest BCUT2D eigenvalue weighted by Crippen LogP contribution is 2.21. The van der Waals surface area contributed by atoms with Crippen molar-refractivity contribution in [2.45, 2.75) is 0 Å². The van der Waals surface area contributed by atoms with Gasteiger partial charge in [-0.1, -0.05) is 12.1 Å². The number of methoxy groups -OCH3 is 1. The first-order chi connectivity index (χ1) is 9.13. The Morgan fingerprint density at radius 2 is 2.00 bits per heavy atom. The van der Waals surface area contributed by atoms with Crippen LogP contribution in [0.2, 0.25) is 0 Å². The van der Waals surface area contributed by atoms with Crippen LogP contribution in [0.15, 0.2) is 47.1 Å².